The fourth-order valence-electron chi connectivity index (χ4n) is 3.22. The second-order valence-electron chi connectivity index (χ2n) is 6.87. The molecule has 0 aliphatic rings. The molecule has 0 fully saturated rings. The summed E-state index contributed by atoms with van der Waals surface area (Å²) in [6.45, 7) is 3.51. The third-order valence-electron chi connectivity index (χ3n) is 4.91. The van der Waals surface area contributed by atoms with Gasteiger partial charge in [0.1, 0.15) is 4.88 Å². The van der Waals surface area contributed by atoms with E-state index in [0.717, 1.165) is 22.6 Å². The number of hydrogen-bond donors (Lipinski definition) is 1. The van der Waals surface area contributed by atoms with Crippen LogP contribution in [0.2, 0.25) is 0 Å². The minimum Gasteiger partial charge on any atom is -0.494 e. The van der Waals surface area contributed by atoms with Gasteiger partial charge in [-0.3, -0.25) is 4.79 Å². The van der Waals surface area contributed by atoms with E-state index in [-0.39, 0.29) is 27.8 Å². The molecule has 1 aromatic heterocycles. The molecule has 8 heteroatoms. The number of benzene rings is 2. The number of carboxylic acid groups (broad SMARTS) is 1. The minimum atomic E-state index is -1.08. The fraction of sp³-hybridized carbons (Fsp3) is 0.273. The molecule has 0 spiro atoms. The molecule has 0 aliphatic heterocycles. The maximum atomic E-state index is 14.9. The molecule has 5 nitrogen and oxygen atoms in total. The number of carbonyl (C=O) groups is 2. The third-order valence-corrected chi connectivity index (χ3v) is 7.54. The molecule has 30 heavy (non-hydrogen) atoms. The second kappa shape index (κ2) is 9.06. The van der Waals surface area contributed by atoms with Gasteiger partial charge in [-0.1, -0.05) is 25.1 Å². The van der Waals surface area contributed by atoms with Crippen LogP contribution in [0.3, 0.4) is 0 Å². The van der Waals surface area contributed by atoms with Crippen molar-refractivity contribution in [1.82, 2.24) is 0 Å². The molecule has 1 N–H and O–H groups in total. The Hall–Kier alpha value is -2.58. The second-order valence-corrected chi connectivity index (χ2v) is 8.95. The van der Waals surface area contributed by atoms with E-state index in [4.69, 9.17) is 4.74 Å². The summed E-state index contributed by atoms with van der Waals surface area (Å²) in [6.07, 6.45) is 0. The molecule has 0 bridgehead atoms. The predicted molar refractivity (Wildman–Crippen MR) is 120 cm³/mol. The van der Waals surface area contributed by atoms with Crippen molar-refractivity contribution in [1.29, 1.82) is 0 Å². The number of hydrogen-bond acceptors (Lipinski definition) is 5. The number of carboxylic acids is 1. The standard InChI is InChI=1S/C22H22FNO4S2/c1-12(14-7-5-6-8-15(14)24(3)13(2)25)11-29-20-18-17(30-21(20)22(26)27)10-9-16(28-4)19(18)23/h5-10,12H,11H2,1-4H3,(H,26,27). The van der Waals surface area contributed by atoms with Gasteiger partial charge in [-0.05, 0) is 29.7 Å². The van der Waals surface area contributed by atoms with Crippen molar-refractivity contribution >= 4 is 50.7 Å². The van der Waals surface area contributed by atoms with E-state index in [9.17, 15) is 19.1 Å². The molecule has 0 radical (unpaired) electrons. The summed E-state index contributed by atoms with van der Waals surface area (Å²) in [5, 5.41) is 9.92. The molecule has 0 aliphatic carbocycles. The van der Waals surface area contributed by atoms with E-state index in [0.29, 0.717) is 15.3 Å². The monoisotopic (exact) mass is 447 g/mol. The Morgan fingerprint density at radius 1 is 1.27 bits per heavy atom. The molecular weight excluding hydrogens is 425 g/mol. The number of anilines is 1. The minimum absolute atomic E-state index is 0.00161. The number of thiophene rings is 1. The van der Waals surface area contributed by atoms with Crippen LogP contribution in [0.5, 0.6) is 5.75 Å². The van der Waals surface area contributed by atoms with Crippen molar-refractivity contribution in [3.05, 3.63) is 52.7 Å². The average Bonchev–Trinajstić information content (AvgIpc) is 3.11. The number of carbonyl (C=O) groups excluding carboxylic acids is 1. The summed E-state index contributed by atoms with van der Waals surface area (Å²) in [4.78, 5) is 25.7. The summed E-state index contributed by atoms with van der Waals surface area (Å²) in [5.41, 5.74) is 1.77. The van der Waals surface area contributed by atoms with Crippen LogP contribution in [0.1, 0.15) is 35.0 Å². The largest absolute Gasteiger partial charge is 0.494 e. The molecule has 0 saturated carbocycles. The Kier molecular flexibility index (Phi) is 6.67. The van der Waals surface area contributed by atoms with Gasteiger partial charge in [0.05, 0.1) is 7.11 Å². The molecule has 158 valence electrons. The van der Waals surface area contributed by atoms with Crippen molar-refractivity contribution in [2.24, 2.45) is 0 Å². The van der Waals surface area contributed by atoms with Gasteiger partial charge in [-0.2, -0.15) is 0 Å². The van der Waals surface area contributed by atoms with E-state index in [2.05, 4.69) is 0 Å². The maximum Gasteiger partial charge on any atom is 0.347 e. The Morgan fingerprint density at radius 2 is 1.97 bits per heavy atom. The number of fused-ring (bicyclic) bond motifs is 1. The van der Waals surface area contributed by atoms with Gasteiger partial charge in [0.2, 0.25) is 5.91 Å². The highest BCUT2D eigenvalue weighted by atomic mass is 32.2. The lowest BCUT2D eigenvalue weighted by molar-refractivity contribution is -0.116. The van der Waals surface area contributed by atoms with E-state index in [1.807, 2.05) is 31.2 Å². The lowest BCUT2D eigenvalue weighted by atomic mass is 10.0. The van der Waals surface area contributed by atoms with Crippen LogP contribution in [0.4, 0.5) is 10.1 Å². The van der Waals surface area contributed by atoms with Gasteiger partial charge in [0, 0.05) is 40.4 Å². The van der Waals surface area contributed by atoms with Gasteiger partial charge in [0.25, 0.3) is 0 Å². The first kappa shape index (κ1) is 22.1. The summed E-state index contributed by atoms with van der Waals surface area (Å²) < 4.78 is 20.6. The van der Waals surface area contributed by atoms with Gasteiger partial charge >= 0.3 is 5.97 Å². The number of nitrogens with zero attached hydrogens (tertiary/aromatic N) is 1. The van der Waals surface area contributed by atoms with Crippen LogP contribution in [0.15, 0.2) is 41.3 Å². The molecule has 3 rings (SSSR count). The lowest BCUT2D eigenvalue weighted by Gasteiger charge is -2.22. The van der Waals surface area contributed by atoms with Crippen LogP contribution in [-0.2, 0) is 4.79 Å². The summed E-state index contributed by atoms with van der Waals surface area (Å²) in [5.74, 6) is -1.11. The maximum absolute atomic E-state index is 14.9. The van der Waals surface area contributed by atoms with Gasteiger partial charge in [0.15, 0.2) is 11.6 Å². The summed E-state index contributed by atoms with van der Waals surface area (Å²) in [7, 11) is 3.10. The van der Waals surface area contributed by atoms with Crippen LogP contribution in [0.25, 0.3) is 10.1 Å². The molecule has 1 atom stereocenters. The van der Waals surface area contributed by atoms with Gasteiger partial charge < -0.3 is 14.7 Å². The Balaban J connectivity index is 1.97. The van der Waals surface area contributed by atoms with Crippen molar-refractivity contribution in [3.63, 3.8) is 0 Å². The highest BCUT2D eigenvalue weighted by Gasteiger charge is 2.24. The summed E-state index contributed by atoms with van der Waals surface area (Å²) >= 11 is 2.36. The number of thioether (sulfide) groups is 1. The number of aromatic carboxylic acids is 1. The Bertz CT molecular complexity index is 1110. The lowest BCUT2D eigenvalue weighted by Crippen LogP contribution is -2.24. The van der Waals surface area contributed by atoms with Gasteiger partial charge in [-0.25, -0.2) is 9.18 Å². The van der Waals surface area contributed by atoms with E-state index >= 15 is 0 Å². The predicted octanol–water partition coefficient (Wildman–Crippen LogP) is 5.63. The molecule has 1 amide bonds. The van der Waals surface area contributed by atoms with Crippen molar-refractivity contribution in [2.45, 2.75) is 24.7 Å². The Morgan fingerprint density at radius 3 is 2.60 bits per heavy atom. The molecule has 2 aromatic carbocycles. The number of para-hydroxylation sites is 1. The average molecular weight is 448 g/mol. The number of rotatable bonds is 7. The molecule has 3 aromatic rings. The highest BCUT2D eigenvalue weighted by molar-refractivity contribution is 7.99. The van der Waals surface area contributed by atoms with E-state index in [1.165, 1.54) is 31.9 Å². The highest BCUT2D eigenvalue weighted by Crippen LogP contribution is 2.43. The summed E-state index contributed by atoms with van der Waals surface area (Å²) in [6, 6.07) is 10.8. The zero-order valence-electron chi connectivity index (χ0n) is 17.1. The van der Waals surface area contributed by atoms with E-state index in [1.54, 1.807) is 18.0 Å². The molecule has 1 heterocycles. The SMILES string of the molecule is COc1ccc2sc(C(=O)O)c(SCC(C)c3ccccc3N(C)C(C)=O)c2c1F. The molecule has 1 unspecified atom stereocenters. The van der Waals surface area contributed by atoms with E-state index < -0.39 is 11.8 Å². The van der Waals surface area contributed by atoms with Crippen molar-refractivity contribution in [2.75, 3.05) is 24.8 Å². The molecular formula is C22H22FNO4S2. The third kappa shape index (κ3) is 4.15. The number of halogens is 1. The number of amides is 1. The zero-order chi connectivity index (χ0) is 22.0. The van der Waals surface area contributed by atoms with Crippen LogP contribution < -0.4 is 9.64 Å². The van der Waals surface area contributed by atoms with Crippen molar-refractivity contribution in [3.8, 4) is 5.75 Å². The van der Waals surface area contributed by atoms with Crippen molar-refractivity contribution < 1.29 is 23.8 Å². The first-order chi connectivity index (χ1) is 14.3. The quantitative estimate of drug-likeness (QED) is 0.476. The Labute approximate surface area is 182 Å². The first-order valence-corrected chi connectivity index (χ1v) is 11.0. The first-order valence-electron chi connectivity index (χ1n) is 9.24. The zero-order valence-corrected chi connectivity index (χ0v) is 18.7. The fourth-order valence-corrected chi connectivity index (χ4v) is 5.68. The van der Waals surface area contributed by atoms with Crippen LogP contribution >= 0.6 is 23.1 Å². The topological polar surface area (TPSA) is 66.8 Å². The normalized spacial score (nSPS) is 12.0. The van der Waals surface area contributed by atoms with Gasteiger partial charge in [-0.15, -0.1) is 23.1 Å². The van der Waals surface area contributed by atoms with Crippen LogP contribution in [0, 0.1) is 5.82 Å². The van der Waals surface area contributed by atoms with Crippen LogP contribution in [-0.4, -0.2) is 36.9 Å². The number of ether oxygens (including phenoxy) is 1. The molecule has 0 saturated heterocycles. The smallest absolute Gasteiger partial charge is 0.347 e. The number of methoxy groups -OCH3 is 1.